The molecule has 0 saturated heterocycles. The topological polar surface area (TPSA) is 44.4 Å². The fourth-order valence-corrected chi connectivity index (χ4v) is 2.52. The van der Waals surface area contributed by atoms with Crippen molar-refractivity contribution in [1.82, 2.24) is 15.5 Å². The van der Waals surface area contributed by atoms with Crippen molar-refractivity contribution >= 4 is 30.7 Å². The molecule has 1 aromatic rings. The molecule has 2 rings (SSSR count). The molecule has 1 fully saturated rings. The molecule has 0 unspecified atom stereocenters. The third kappa shape index (κ3) is 8.88. The molecule has 0 heterocycles. The molecule has 1 aliphatic rings. The normalized spacial score (nSPS) is 13.1. The van der Waals surface area contributed by atoms with Crippen LogP contribution >= 0.6 is 24.8 Å². The fraction of sp³-hybridized carbons (Fsp3) is 0.611. The van der Waals surface area contributed by atoms with Crippen molar-refractivity contribution in [1.29, 1.82) is 0 Å². The van der Waals surface area contributed by atoms with Crippen molar-refractivity contribution in [2.75, 3.05) is 26.2 Å². The van der Waals surface area contributed by atoms with Crippen LogP contribution in [-0.2, 0) is 17.9 Å². The minimum Gasteiger partial charge on any atom is -0.351 e. The van der Waals surface area contributed by atoms with Gasteiger partial charge >= 0.3 is 0 Å². The van der Waals surface area contributed by atoms with E-state index in [2.05, 4.69) is 53.6 Å². The highest BCUT2D eigenvalue weighted by molar-refractivity contribution is 5.85. The van der Waals surface area contributed by atoms with Crippen LogP contribution in [0.2, 0.25) is 0 Å². The molecule has 24 heavy (non-hydrogen) atoms. The number of nitrogens with one attached hydrogen (secondary N) is 2. The average molecular weight is 376 g/mol. The van der Waals surface area contributed by atoms with E-state index in [-0.39, 0.29) is 30.7 Å². The van der Waals surface area contributed by atoms with E-state index >= 15 is 0 Å². The summed E-state index contributed by atoms with van der Waals surface area (Å²) in [7, 11) is 0. The highest BCUT2D eigenvalue weighted by Crippen LogP contribution is 2.27. The van der Waals surface area contributed by atoms with E-state index in [1.165, 1.54) is 24.0 Å². The zero-order valence-electron chi connectivity index (χ0n) is 14.7. The molecule has 0 spiro atoms. The van der Waals surface area contributed by atoms with Gasteiger partial charge in [-0.2, -0.15) is 0 Å². The summed E-state index contributed by atoms with van der Waals surface area (Å²) in [5, 5.41) is 6.20. The van der Waals surface area contributed by atoms with Gasteiger partial charge in [0.1, 0.15) is 0 Å². The first-order chi connectivity index (χ1) is 10.7. The Balaban J connectivity index is 0.00000264. The van der Waals surface area contributed by atoms with Crippen molar-refractivity contribution in [3.8, 4) is 0 Å². The van der Waals surface area contributed by atoms with E-state index in [4.69, 9.17) is 0 Å². The molecule has 0 atom stereocenters. The van der Waals surface area contributed by atoms with Gasteiger partial charge in [-0.25, -0.2) is 0 Å². The maximum Gasteiger partial charge on any atom is 0.234 e. The Bertz CT molecular complexity index is 477. The zero-order valence-corrected chi connectivity index (χ0v) is 16.3. The number of amides is 1. The van der Waals surface area contributed by atoms with Gasteiger partial charge in [0, 0.05) is 13.1 Å². The van der Waals surface area contributed by atoms with E-state index in [1.54, 1.807) is 0 Å². The number of hydrogen-bond donors (Lipinski definition) is 2. The highest BCUT2D eigenvalue weighted by Gasteiger charge is 2.20. The van der Waals surface area contributed by atoms with Gasteiger partial charge in [-0.15, -0.1) is 24.8 Å². The minimum atomic E-state index is 0. The molecule has 2 N–H and O–H groups in total. The molecule has 1 aromatic carbocycles. The lowest BCUT2D eigenvalue weighted by Crippen LogP contribution is -2.34. The fourth-order valence-electron chi connectivity index (χ4n) is 2.52. The summed E-state index contributed by atoms with van der Waals surface area (Å²) in [6, 6.07) is 8.49. The van der Waals surface area contributed by atoms with E-state index in [0.29, 0.717) is 13.1 Å². The lowest BCUT2D eigenvalue weighted by Gasteiger charge is -2.18. The van der Waals surface area contributed by atoms with Crippen LogP contribution in [0, 0.1) is 5.92 Å². The monoisotopic (exact) mass is 375 g/mol. The first kappa shape index (κ1) is 23.2. The summed E-state index contributed by atoms with van der Waals surface area (Å²) in [5.74, 6) is 0.888. The van der Waals surface area contributed by atoms with Gasteiger partial charge in [-0.1, -0.05) is 38.1 Å². The van der Waals surface area contributed by atoms with Crippen LogP contribution in [0.15, 0.2) is 24.3 Å². The smallest absolute Gasteiger partial charge is 0.234 e. The van der Waals surface area contributed by atoms with Gasteiger partial charge in [0.2, 0.25) is 5.91 Å². The Hall–Kier alpha value is -0.810. The molecule has 0 radical (unpaired) electrons. The van der Waals surface area contributed by atoms with Gasteiger partial charge < -0.3 is 10.6 Å². The number of halogens is 2. The van der Waals surface area contributed by atoms with Gasteiger partial charge in [0.25, 0.3) is 0 Å². The summed E-state index contributed by atoms with van der Waals surface area (Å²) >= 11 is 0. The van der Waals surface area contributed by atoms with E-state index in [9.17, 15) is 4.79 Å². The maximum absolute atomic E-state index is 11.8. The van der Waals surface area contributed by atoms with E-state index < -0.39 is 0 Å². The number of benzene rings is 1. The standard InChI is InChI=1S/C18H29N3O.2ClH/c1-3-21(4-2)14-17-7-5-6-16(10-17)12-20-18(22)13-19-11-15-8-9-15;;/h5-7,10,15,19H,3-4,8-9,11-14H2,1-2H3,(H,20,22);2*1H. The third-order valence-corrected chi connectivity index (χ3v) is 4.20. The number of carbonyl (C=O) groups excluding carboxylic acids is 1. The Morgan fingerprint density at radius 1 is 1.17 bits per heavy atom. The molecule has 1 saturated carbocycles. The average Bonchev–Trinajstić information content (AvgIpc) is 3.35. The molecular formula is C18H31Cl2N3O. The van der Waals surface area contributed by atoms with Crippen LogP contribution in [0.4, 0.5) is 0 Å². The number of nitrogens with zero attached hydrogens (tertiary/aromatic N) is 1. The van der Waals surface area contributed by atoms with Crippen molar-refractivity contribution in [2.45, 2.75) is 39.8 Å². The summed E-state index contributed by atoms with van der Waals surface area (Å²) in [5.41, 5.74) is 2.47. The van der Waals surface area contributed by atoms with Crippen molar-refractivity contribution in [3.63, 3.8) is 0 Å². The second-order valence-corrected chi connectivity index (χ2v) is 6.13. The Kier molecular flexibility index (Phi) is 12.1. The van der Waals surface area contributed by atoms with Crippen LogP contribution in [0.3, 0.4) is 0 Å². The van der Waals surface area contributed by atoms with E-state index in [0.717, 1.165) is 32.1 Å². The molecule has 4 nitrogen and oxygen atoms in total. The second-order valence-electron chi connectivity index (χ2n) is 6.13. The molecule has 1 amide bonds. The van der Waals surface area contributed by atoms with Crippen LogP contribution in [0.1, 0.15) is 37.8 Å². The van der Waals surface area contributed by atoms with Crippen molar-refractivity contribution in [3.05, 3.63) is 35.4 Å². The summed E-state index contributed by atoms with van der Waals surface area (Å²) in [6.45, 7) is 9.47. The van der Waals surface area contributed by atoms with Crippen LogP contribution in [0.5, 0.6) is 0 Å². The lowest BCUT2D eigenvalue weighted by molar-refractivity contribution is -0.120. The minimum absolute atomic E-state index is 0. The first-order valence-corrected chi connectivity index (χ1v) is 8.48. The van der Waals surface area contributed by atoms with Gasteiger partial charge in [-0.05, 0) is 49.5 Å². The predicted molar refractivity (Wildman–Crippen MR) is 105 cm³/mol. The second kappa shape index (κ2) is 12.5. The zero-order chi connectivity index (χ0) is 15.8. The Morgan fingerprint density at radius 3 is 2.46 bits per heavy atom. The molecule has 6 heteroatoms. The predicted octanol–water partition coefficient (Wildman–Crippen LogP) is 2.99. The quantitative estimate of drug-likeness (QED) is 0.660. The highest BCUT2D eigenvalue weighted by atomic mass is 35.5. The summed E-state index contributed by atoms with van der Waals surface area (Å²) in [6.07, 6.45) is 2.63. The molecule has 0 aromatic heterocycles. The summed E-state index contributed by atoms with van der Waals surface area (Å²) in [4.78, 5) is 14.2. The molecule has 138 valence electrons. The first-order valence-electron chi connectivity index (χ1n) is 8.48. The largest absolute Gasteiger partial charge is 0.351 e. The Labute approximate surface area is 158 Å². The third-order valence-electron chi connectivity index (χ3n) is 4.20. The van der Waals surface area contributed by atoms with Gasteiger partial charge in [-0.3, -0.25) is 9.69 Å². The van der Waals surface area contributed by atoms with Gasteiger partial charge in [0.15, 0.2) is 0 Å². The Morgan fingerprint density at radius 2 is 1.83 bits per heavy atom. The number of carbonyl (C=O) groups is 1. The van der Waals surface area contributed by atoms with Gasteiger partial charge in [0.05, 0.1) is 6.54 Å². The van der Waals surface area contributed by atoms with E-state index in [1.807, 2.05) is 0 Å². The molecule has 0 aliphatic heterocycles. The van der Waals surface area contributed by atoms with Crippen LogP contribution in [-0.4, -0.2) is 37.0 Å². The van der Waals surface area contributed by atoms with Crippen LogP contribution < -0.4 is 10.6 Å². The maximum atomic E-state index is 11.8. The molecule has 0 bridgehead atoms. The molecular weight excluding hydrogens is 345 g/mol. The molecule has 1 aliphatic carbocycles. The number of hydrogen-bond acceptors (Lipinski definition) is 3. The SMILES string of the molecule is CCN(CC)Cc1cccc(CNC(=O)CNCC2CC2)c1.Cl.Cl. The van der Waals surface area contributed by atoms with Crippen molar-refractivity contribution in [2.24, 2.45) is 5.92 Å². The van der Waals surface area contributed by atoms with Crippen molar-refractivity contribution < 1.29 is 4.79 Å². The number of rotatable bonds is 10. The van der Waals surface area contributed by atoms with Crippen LogP contribution in [0.25, 0.3) is 0 Å². The summed E-state index contributed by atoms with van der Waals surface area (Å²) < 4.78 is 0. The lowest BCUT2D eigenvalue weighted by atomic mass is 10.1.